The van der Waals surface area contributed by atoms with E-state index in [9.17, 15) is 4.79 Å². The molecular formula is C11H9NO3S. The van der Waals surface area contributed by atoms with E-state index in [2.05, 4.69) is 4.98 Å². The van der Waals surface area contributed by atoms with Gasteiger partial charge in [-0.15, -0.1) is 0 Å². The van der Waals surface area contributed by atoms with Crippen molar-refractivity contribution in [3.63, 3.8) is 0 Å². The lowest BCUT2D eigenvalue weighted by atomic mass is 10.3. The first-order valence-electron chi connectivity index (χ1n) is 4.60. The van der Waals surface area contributed by atoms with Crippen molar-refractivity contribution < 1.29 is 14.3 Å². The molecule has 2 rings (SSSR count). The van der Waals surface area contributed by atoms with Gasteiger partial charge in [0.15, 0.2) is 5.09 Å². The van der Waals surface area contributed by atoms with Crippen molar-refractivity contribution in [1.29, 1.82) is 0 Å². The number of hydrogen-bond donors (Lipinski definition) is 1. The third kappa shape index (κ3) is 2.64. The number of thioether (sulfide) groups is 1. The van der Waals surface area contributed by atoms with Crippen LogP contribution in [0.15, 0.2) is 46.2 Å². The third-order valence-corrected chi connectivity index (χ3v) is 2.88. The second-order valence-electron chi connectivity index (χ2n) is 3.07. The van der Waals surface area contributed by atoms with Crippen LogP contribution in [0.25, 0.3) is 0 Å². The summed E-state index contributed by atoms with van der Waals surface area (Å²) in [5.74, 6) is -0.373. The number of rotatable bonds is 4. The maximum atomic E-state index is 10.6. The van der Waals surface area contributed by atoms with Gasteiger partial charge < -0.3 is 9.52 Å². The van der Waals surface area contributed by atoms with Gasteiger partial charge in [-0.2, -0.15) is 0 Å². The number of carboxylic acid groups (broad SMARTS) is 1. The van der Waals surface area contributed by atoms with Crippen LogP contribution in [0, 0.1) is 0 Å². The van der Waals surface area contributed by atoms with E-state index in [0.29, 0.717) is 10.8 Å². The molecule has 0 radical (unpaired) electrons. The second-order valence-corrected chi connectivity index (χ2v) is 4.05. The fourth-order valence-corrected chi connectivity index (χ4v) is 1.94. The maximum Gasteiger partial charge on any atom is 0.371 e. The van der Waals surface area contributed by atoms with Gasteiger partial charge in [0, 0.05) is 18.1 Å². The van der Waals surface area contributed by atoms with Crippen molar-refractivity contribution in [3.05, 3.63) is 48.0 Å². The zero-order valence-electron chi connectivity index (χ0n) is 8.29. The van der Waals surface area contributed by atoms with Gasteiger partial charge in [-0.3, -0.25) is 4.98 Å². The van der Waals surface area contributed by atoms with Gasteiger partial charge in [-0.25, -0.2) is 4.79 Å². The van der Waals surface area contributed by atoms with Crippen LogP contribution >= 0.6 is 11.8 Å². The molecule has 2 heterocycles. The summed E-state index contributed by atoms with van der Waals surface area (Å²) in [7, 11) is 0. The number of carboxylic acids is 1. The quantitative estimate of drug-likeness (QED) is 0.825. The molecule has 1 N–H and O–H groups in total. The fraction of sp³-hybridized carbons (Fsp3) is 0.0909. The predicted molar refractivity (Wildman–Crippen MR) is 59.5 cm³/mol. The van der Waals surface area contributed by atoms with E-state index < -0.39 is 5.97 Å². The minimum Gasteiger partial charge on any atom is -0.475 e. The van der Waals surface area contributed by atoms with Gasteiger partial charge >= 0.3 is 5.97 Å². The zero-order chi connectivity index (χ0) is 11.4. The van der Waals surface area contributed by atoms with Crippen LogP contribution in [0.4, 0.5) is 0 Å². The van der Waals surface area contributed by atoms with E-state index in [1.807, 2.05) is 12.1 Å². The Hall–Kier alpha value is -1.75. The molecule has 0 amide bonds. The van der Waals surface area contributed by atoms with E-state index in [1.165, 1.54) is 17.8 Å². The normalized spacial score (nSPS) is 10.2. The Morgan fingerprint density at radius 1 is 1.44 bits per heavy atom. The summed E-state index contributed by atoms with van der Waals surface area (Å²) < 4.78 is 5.11. The lowest BCUT2D eigenvalue weighted by molar-refractivity contribution is 0.0656. The molecule has 0 aliphatic rings. The Kier molecular flexibility index (Phi) is 3.26. The molecule has 0 atom stereocenters. The first-order chi connectivity index (χ1) is 7.75. The van der Waals surface area contributed by atoms with Crippen LogP contribution < -0.4 is 0 Å². The Morgan fingerprint density at radius 3 is 2.94 bits per heavy atom. The molecule has 16 heavy (non-hydrogen) atoms. The largest absolute Gasteiger partial charge is 0.475 e. The molecule has 0 aliphatic heterocycles. The summed E-state index contributed by atoms with van der Waals surface area (Å²) in [6, 6.07) is 6.93. The maximum absolute atomic E-state index is 10.6. The Balaban J connectivity index is 1.97. The molecule has 0 fully saturated rings. The summed E-state index contributed by atoms with van der Waals surface area (Å²) in [4.78, 5) is 14.6. The molecule has 2 aromatic heterocycles. The second kappa shape index (κ2) is 4.85. The molecule has 0 saturated carbocycles. The highest BCUT2D eigenvalue weighted by Crippen LogP contribution is 2.24. The van der Waals surface area contributed by atoms with Crippen molar-refractivity contribution in [1.82, 2.24) is 4.98 Å². The van der Waals surface area contributed by atoms with Crippen LogP contribution in [-0.4, -0.2) is 16.1 Å². The SMILES string of the molecule is O=C(O)c1ccc(SCc2cccnc2)o1. The van der Waals surface area contributed by atoms with Crippen molar-refractivity contribution in [2.24, 2.45) is 0 Å². The topological polar surface area (TPSA) is 63.3 Å². The number of pyridine rings is 1. The molecule has 82 valence electrons. The zero-order valence-corrected chi connectivity index (χ0v) is 9.11. The number of aromatic nitrogens is 1. The highest BCUT2D eigenvalue weighted by atomic mass is 32.2. The van der Waals surface area contributed by atoms with Crippen molar-refractivity contribution >= 4 is 17.7 Å². The van der Waals surface area contributed by atoms with Crippen molar-refractivity contribution in [2.45, 2.75) is 10.8 Å². The van der Waals surface area contributed by atoms with Crippen molar-refractivity contribution in [3.8, 4) is 0 Å². The summed E-state index contributed by atoms with van der Waals surface area (Å²) in [6.45, 7) is 0. The highest BCUT2D eigenvalue weighted by Gasteiger charge is 2.08. The van der Waals surface area contributed by atoms with Crippen LogP contribution in [-0.2, 0) is 5.75 Å². The first-order valence-corrected chi connectivity index (χ1v) is 5.59. The van der Waals surface area contributed by atoms with Crippen LogP contribution in [0.5, 0.6) is 0 Å². The number of hydrogen-bond acceptors (Lipinski definition) is 4. The van der Waals surface area contributed by atoms with Crippen LogP contribution in [0.2, 0.25) is 0 Å². The fourth-order valence-electron chi connectivity index (χ4n) is 1.15. The average molecular weight is 235 g/mol. The van der Waals surface area contributed by atoms with Crippen LogP contribution in [0.3, 0.4) is 0 Å². The number of carbonyl (C=O) groups is 1. The molecule has 5 heteroatoms. The third-order valence-electron chi connectivity index (χ3n) is 1.90. The van der Waals surface area contributed by atoms with Gasteiger partial charge in [-0.05, 0) is 23.8 Å². The molecule has 0 unspecified atom stereocenters. The Morgan fingerprint density at radius 2 is 2.31 bits per heavy atom. The van der Waals surface area contributed by atoms with Gasteiger partial charge in [0.2, 0.25) is 5.76 Å². The van der Waals surface area contributed by atoms with Gasteiger partial charge in [-0.1, -0.05) is 17.8 Å². The summed E-state index contributed by atoms with van der Waals surface area (Å²) in [5.41, 5.74) is 1.07. The number of nitrogens with zero attached hydrogens (tertiary/aromatic N) is 1. The standard InChI is InChI=1S/C11H9NO3S/c13-11(14)9-3-4-10(15-9)16-7-8-2-1-5-12-6-8/h1-6H,7H2,(H,13,14). The molecule has 0 bridgehead atoms. The minimum absolute atomic E-state index is 0.0336. The Bertz CT molecular complexity index is 481. The first kappa shape index (κ1) is 10.8. The Labute approximate surface area is 96.3 Å². The summed E-state index contributed by atoms with van der Waals surface area (Å²) in [5, 5.41) is 9.27. The molecule has 0 saturated heterocycles. The van der Waals surface area contributed by atoms with E-state index in [0.717, 1.165) is 5.56 Å². The molecule has 0 spiro atoms. The van der Waals surface area contributed by atoms with Gasteiger partial charge in [0.05, 0.1) is 0 Å². The van der Waals surface area contributed by atoms with E-state index in [-0.39, 0.29) is 5.76 Å². The monoisotopic (exact) mass is 235 g/mol. The summed E-state index contributed by atoms with van der Waals surface area (Å²) >= 11 is 1.44. The summed E-state index contributed by atoms with van der Waals surface area (Å²) in [6.07, 6.45) is 3.48. The van der Waals surface area contributed by atoms with Crippen LogP contribution in [0.1, 0.15) is 16.1 Å². The highest BCUT2D eigenvalue weighted by molar-refractivity contribution is 7.98. The van der Waals surface area contributed by atoms with Gasteiger partial charge in [0.1, 0.15) is 0 Å². The van der Waals surface area contributed by atoms with E-state index in [1.54, 1.807) is 18.5 Å². The molecule has 4 nitrogen and oxygen atoms in total. The molecule has 0 aromatic carbocycles. The van der Waals surface area contributed by atoms with E-state index in [4.69, 9.17) is 9.52 Å². The van der Waals surface area contributed by atoms with Gasteiger partial charge in [0.25, 0.3) is 0 Å². The lowest BCUT2D eigenvalue weighted by Crippen LogP contribution is -1.91. The average Bonchev–Trinajstić information content (AvgIpc) is 2.76. The van der Waals surface area contributed by atoms with Crippen molar-refractivity contribution in [2.75, 3.05) is 0 Å². The molecular weight excluding hydrogens is 226 g/mol. The minimum atomic E-state index is -1.05. The molecule has 2 aromatic rings. The smallest absolute Gasteiger partial charge is 0.371 e. The van der Waals surface area contributed by atoms with E-state index >= 15 is 0 Å². The molecule has 0 aliphatic carbocycles. The predicted octanol–water partition coefficient (Wildman–Crippen LogP) is 2.67. The number of aromatic carboxylic acids is 1. The number of furan rings is 1. The lowest BCUT2D eigenvalue weighted by Gasteiger charge is -1.97.